The van der Waals surface area contributed by atoms with Gasteiger partial charge in [0.05, 0.1) is 18.3 Å². The van der Waals surface area contributed by atoms with Crippen LogP contribution in [0.15, 0.2) is 22.7 Å². The first kappa shape index (κ1) is 15.3. The van der Waals surface area contributed by atoms with E-state index in [0.717, 1.165) is 22.2 Å². The second-order valence-corrected chi connectivity index (χ2v) is 7.16. The SMILES string of the molecule is OCc1cc(Br)ccc1OCC1CCC2(CCCCC2)O1. The Kier molecular flexibility index (Phi) is 4.87. The van der Waals surface area contributed by atoms with E-state index in [9.17, 15) is 5.11 Å². The maximum absolute atomic E-state index is 9.40. The van der Waals surface area contributed by atoms with E-state index in [1.165, 1.54) is 38.5 Å². The molecule has 4 heteroatoms. The van der Waals surface area contributed by atoms with Gasteiger partial charge in [0.25, 0.3) is 0 Å². The number of ether oxygens (including phenoxy) is 2. The molecule has 116 valence electrons. The van der Waals surface area contributed by atoms with E-state index < -0.39 is 0 Å². The Labute approximate surface area is 134 Å². The summed E-state index contributed by atoms with van der Waals surface area (Å²) in [5.74, 6) is 0.758. The number of rotatable bonds is 4. The molecule has 2 aliphatic rings. The molecule has 0 amide bonds. The molecule has 1 aromatic carbocycles. The minimum Gasteiger partial charge on any atom is -0.491 e. The topological polar surface area (TPSA) is 38.7 Å². The molecule has 1 unspecified atom stereocenters. The van der Waals surface area contributed by atoms with Crippen molar-refractivity contribution in [2.75, 3.05) is 6.61 Å². The Morgan fingerprint density at radius 1 is 1.24 bits per heavy atom. The highest BCUT2D eigenvalue weighted by Crippen LogP contribution is 2.42. The van der Waals surface area contributed by atoms with Gasteiger partial charge in [0.2, 0.25) is 0 Å². The van der Waals surface area contributed by atoms with Crippen LogP contribution in [0.5, 0.6) is 5.75 Å². The van der Waals surface area contributed by atoms with Gasteiger partial charge in [0, 0.05) is 10.0 Å². The number of hydrogen-bond acceptors (Lipinski definition) is 3. The minimum absolute atomic E-state index is 0.00969. The van der Waals surface area contributed by atoms with E-state index in [2.05, 4.69) is 15.9 Å². The summed E-state index contributed by atoms with van der Waals surface area (Å²) < 4.78 is 13.2. The minimum atomic E-state index is -0.00969. The summed E-state index contributed by atoms with van der Waals surface area (Å²) in [6.07, 6.45) is 8.83. The zero-order valence-corrected chi connectivity index (χ0v) is 13.9. The van der Waals surface area contributed by atoms with Gasteiger partial charge >= 0.3 is 0 Å². The van der Waals surface area contributed by atoms with Gasteiger partial charge in [-0.3, -0.25) is 0 Å². The van der Waals surface area contributed by atoms with Crippen molar-refractivity contribution in [2.45, 2.75) is 63.3 Å². The Hall–Kier alpha value is -0.580. The van der Waals surface area contributed by atoms with Crippen LogP contribution in [0.4, 0.5) is 0 Å². The molecule has 1 saturated heterocycles. The van der Waals surface area contributed by atoms with Crippen LogP contribution in [0.25, 0.3) is 0 Å². The smallest absolute Gasteiger partial charge is 0.125 e. The normalized spacial score (nSPS) is 24.4. The van der Waals surface area contributed by atoms with Gasteiger partial charge in [0.15, 0.2) is 0 Å². The first-order valence-electron chi connectivity index (χ1n) is 7.91. The van der Waals surface area contributed by atoms with Crippen molar-refractivity contribution in [3.63, 3.8) is 0 Å². The quantitative estimate of drug-likeness (QED) is 0.880. The van der Waals surface area contributed by atoms with Crippen molar-refractivity contribution in [1.29, 1.82) is 0 Å². The highest BCUT2D eigenvalue weighted by molar-refractivity contribution is 9.10. The fraction of sp³-hybridized carbons (Fsp3) is 0.647. The zero-order valence-electron chi connectivity index (χ0n) is 12.3. The Morgan fingerprint density at radius 2 is 2.05 bits per heavy atom. The second kappa shape index (κ2) is 6.67. The fourth-order valence-corrected chi connectivity index (χ4v) is 3.98. The summed E-state index contributed by atoms with van der Waals surface area (Å²) in [6.45, 7) is 0.570. The molecule has 3 rings (SSSR count). The van der Waals surface area contributed by atoms with Crippen molar-refractivity contribution in [2.24, 2.45) is 0 Å². The van der Waals surface area contributed by atoms with Crippen molar-refractivity contribution in [3.8, 4) is 5.75 Å². The Morgan fingerprint density at radius 3 is 2.81 bits per heavy atom. The third kappa shape index (κ3) is 3.61. The summed E-state index contributed by atoms with van der Waals surface area (Å²) >= 11 is 3.41. The maximum Gasteiger partial charge on any atom is 0.125 e. The number of aliphatic hydroxyl groups is 1. The summed E-state index contributed by atoms with van der Waals surface area (Å²) in [6, 6.07) is 5.74. The van der Waals surface area contributed by atoms with Crippen LogP contribution in [0.3, 0.4) is 0 Å². The number of aliphatic hydroxyl groups excluding tert-OH is 1. The second-order valence-electron chi connectivity index (χ2n) is 6.24. The summed E-state index contributed by atoms with van der Waals surface area (Å²) in [7, 11) is 0. The molecule has 0 radical (unpaired) electrons. The zero-order chi connectivity index (χ0) is 14.7. The summed E-state index contributed by atoms with van der Waals surface area (Å²) in [4.78, 5) is 0. The average molecular weight is 355 g/mol. The van der Waals surface area contributed by atoms with Gasteiger partial charge in [-0.1, -0.05) is 35.2 Å². The van der Waals surface area contributed by atoms with E-state index in [0.29, 0.717) is 6.61 Å². The highest BCUT2D eigenvalue weighted by atomic mass is 79.9. The molecular formula is C17H23BrO3. The van der Waals surface area contributed by atoms with E-state index in [4.69, 9.17) is 9.47 Å². The molecule has 21 heavy (non-hydrogen) atoms. The van der Waals surface area contributed by atoms with Crippen LogP contribution >= 0.6 is 15.9 Å². The Balaban J connectivity index is 1.56. The van der Waals surface area contributed by atoms with Gasteiger partial charge in [-0.15, -0.1) is 0 Å². The third-order valence-corrected chi connectivity index (χ3v) is 5.21. The van der Waals surface area contributed by atoms with E-state index in [-0.39, 0.29) is 18.3 Å². The fourth-order valence-electron chi connectivity index (χ4n) is 3.57. The van der Waals surface area contributed by atoms with Gasteiger partial charge in [-0.25, -0.2) is 0 Å². The first-order valence-corrected chi connectivity index (χ1v) is 8.70. The monoisotopic (exact) mass is 354 g/mol. The molecule has 2 fully saturated rings. The van der Waals surface area contributed by atoms with Gasteiger partial charge in [-0.2, -0.15) is 0 Å². The van der Waals surface area contributed by atoms with Crippen LogP contribution in [0, 0.1) is 0 Å². The average Bonchev–Trinajstić information content (AvgIpc) is 2.89. The molecule has 3 nitrogen and oxygen atoms in total. The van der Waals surface area contributed by atoms with Crippen LogP contribution in [0.2, 0.25) is 0 Å². The molecule has 1 aliphatic carbocycles. The number of hydrogen-bond donors (Lipinski definition) is 1. The van der Waals surface area contributed by atoms with E-state index >= 15 is 0 Å². The Bertz CT molecular complexity index is 483. The lowest BCUT2D eigenvalue weighted by atomic mass is 9.83. The summed E-state index contributed by atoms with van der Waals surface area (Å²) in [5, 5.41) is 9.40. The van der Waals surface area contributed by atoms with Crippen molar-refractivity contribution >= 4 is 15.9 Å². The molecule has 1 aliphatic heterocycles. The van der Waals surface area contributed by atoms with E-state index in [1.807, 2.05) is 18.2 Å². The summed E-state index contributed by atoms with van der Waals surface area (Å²) in [5.41, 5.74) is 0.959. The van der Waals surface area contributed by atoms with Crippen molar-refractivity contribution in [1.82, 2.24) is 0 Å². The van der Waals surface area contributed by atoms with Crippen molar-refractivity contribution in [3.05, 3.63) is 28.2 Å². The van der Waals surface area contributed by atoms with Gasteiger partial charge in [0.1, 0.15) is 12.4 Å². The van der Waals surface area contributed by atoms with Gasteiger partial charge in [-0.05, 0) is 43.9 Å². The predicted octanol–water partition coefficient (Wildman–Crippen LogP) is 4.20. The number of benzene rings is 1. The molecule has 1 saturated carbocycles. The standard InChI is InChI=1S/C17H23BrO3/c18-14-4-5-16(13(10-14)11-19)20-12-15-6-9-17(21-15)7-2-1-3-8-17/h4-5,10,15,19H,1-3,6-9,11-12H2. The number of halogens is 1. The highest BCUT2D eigenvalue weighted by Gasteiger charge is 2.40. The van der Waals surface area contributed by atoms with Crippen LogP contribution in [-0.4, -0.2) is 23.4 Å². The largest absolute Gasteiger partial charge is 0.491 e. The molecule has 0 bridgehead atoms. The lowest BCUT2D eigenvalue weighted by molar-refractivity contribution is -0.0749. The third-order valence-electron chi connectivity index (χ3n) is 4.72. The molecule has 1 aromatic rings. The maximum atomic E-state index is 9.40. The van der Waals surface area contributed by atoms with E-state index in [1.54, 1.807) is 0 Å². The predicted molar refractivity (Wildman–Crippen MR) is 85.5 cm³/mol. The van der Waals surface area contributed by atoms with Crippen LogP contribution < -0.4 is 4.74 Å². The molecule has 1 N–H and O–H groups in total. The van der Waals surface area contributed by atoms with Crippen LogP contribution in [0.1, 0.15) is 50.5 Å². The van der Waals surface area contributed by atoms with Crippen LogP contribution in [-0.2, 0) is 11.3 Å². The molecular weight excluding hydrogens is 332 g/mol. The van der Waals surface area contributed by atoms with Crippen molar-refractivity contribution < 1.29 is 14.6 Å². The molecule has 0 aromatic heterocycles. The lowest BCUT2D eigenvalue weighted by Crippen LogP contribution is -2.32. The molecule has 1 heterocycles. The molecule has 1 atom stereocenters. The lowest BCUT2D eigenvalue weighted by Gasteiger charge is -2.33. The molecule has 1 spiro atoms. The van der Waals surface area contributed by atoms with Gasteiger partial charge < -0.3 is 14.6 Å². The first-order chi connectivity index (χ1) is 10.2.